The Morgan fingerprint density at radius 1 is 0.957 bits per heavy atom. The Labute approximate surface area is 139 Å². The minimum atomic E-state index is 0.0814. The first kappa shape index (κ1) is 15.9. The van der Waals surface area contributed by atoms with Gasteiger partial charge < -0.3 is 11.1 Å². The summed E-state index contributed by atoms with van der Waals surface area (Å²) >= 11 is 0. The van der Waals surface area contributed by atoms with Gasteiger partial charge in [0.1, 0.15) is 0 Å². The second-order valence-electron chi connectivity index (χ2n) is 6.92. The summed E-state index contributed by atoms with van der Waals surface area (Å²) in [6.45, 7) is 6.86. The number of piperidine rings is 1. The van der Waals surface area contributed by atoms with Crippen LogP contribution in [-0.2, 0) is 5.54 Å². The Morgan fingerprint density at radius 2 is 1.57 bits per heavy atom. The lowest BCUT2D eigenvalue weighted by Gasteiger charge is -2.43. The van der Waals surface area contributed by atoms with Crippen LogP contribution >= 0.6 is 0 Å². The molecule has 1 saturated heterocycles. The molecule has 1 heterocycles. The average molecular weight is 309 g/mol. The van der Waals surface area contributed by atoms with Crippen molar-refractivity contribution in [2.75, 3.05) is 24.1 Å². The van der Waals surface area contributed by atoms with Crippen LogP contribution < -0.4 is 11.1 Å². The SMILES string of the molecule is CC(C)(c1ccccc1)N1CCC(Nc2ccccc2N)CC1. The van der Waals surface area contributed by atoms with E-state index in [1.165, 1.54) is 5.56 Å². The topological polar surface area (TPSA) is 41.3 Å². The number of nitrogens with zero attached hydrogens (tertiary/aromatic N) is 1. The Kier molecular flexibility index (Phi) is 4.58. The highest BCUT2D eigenvalue weighted by Crippen LogP contribution is 2.31. The summed E-state index contributed by atoms with van der Waals surface area (Å²) in [7, 11) is 0. The van der Waals surface area contributed by atoms with Gasteiger partial charge in [-0.1, -0.05) is 42.5 Å². The summed E-state index contributed by atoms with van der Waals surface area (Å²) in [6.07, 6.45) is 2.29. The molecule has 0 atom stereocenters. The number of nitrogens with one attached hydrogen (secondary N) is 1. The summed E-state index contributed by atoms with van der Waals surface area (Å²) in [5.41, 5.74) is 9.40. The van der Waals surface area contributed by atoms with Crippen molar-refractivity contribution in [3.8, 4) is 0 Å². The maximum Gasteiger partial charge on any atom is 0.0576 e. The first-order chi connectivity index (χ1) is 11.1. The molecule has 1 aliphatic heterocycles. The van der Waals surface area contributed by atoms with Gasteiger partial charge in [0.25, 0.3) is 0 Å². The van der Waals surface area contributed by atoms with Gasteiger partial charge in [-0.25, -0.2) is 0 Å². The lowest BCUT2D eigenvalue weighted by Crippen LogP contribution is -2.48. The number of likely N-dealkylation sites (tertiary alicyclic amines) is 1. The highest BCUT2D eigenvalue weighted by atomic mass is 15.2. The Balaban J connectivity index is 1.61. The number of nitrogens with two attached hydrogens (primary N) is 1. The maximum absolute atomic E-state index is 6.04. The van der Waals surface area contributed by atoms with Crippen molar-refractivity contribution < 1.29 is 0 Å². The standard InChI is InChI=1S/C20H27N3/c1-20(2,16-8-4-3-5-9-16)23-14-12-17(13-15-23)22-19-11-7-6-10-18(19)21/h3-11,17,22H,12-15,21H2,1-2H3. The van der Waals surface area contributed by atoms with E-state index in [0.29, 0.717) is 6.04 Å². The predicted molar refractivity (Wildman–Crippen MR) is 98.5 cm³/mol. The molecule has 0 aromatic heterocycles. The largest absolute Gasteiger partial charge is 0.397 e. The van der Waals surface area contributed by atoms with E-state index in [9.17, 15) is 0 Å². The van der Waals surface area contributed by atoms with Gasteiger partial charge in [0, 0.05) is 24.7 Å². The number of hydrogen-bond acceptors (Lipinski definition) is 3. The van der Waals surface area contributed by atoms with Gasteiger partial charge in [0.15, 0.2) is 0 Å². The van der Waals surface area contributed by atoms with Gasteiger partial charge in [0.05, 0.1) is 11.4 Å². The fraction of sp³-hybridized carbons (Fsp3) is 0.400. The number of nitrogen functional groups attached to an aromatic ring is 1. The zero-order chi connectivity index (χ0) is 16.3. The smallest absolute Gasteiger partial charge is 0.0576 e. The lowest BCUT2D eigenvalue weighted by molar-refractivity contribution is 0.0900. The fourth-order valence-corrected chi connectivity index (χ4v) is 3.46. The number of para-hydroxylation sites is 2. The first-order valence-electron chi connectivity index (χ1n) is 8.49. The maximum atomic E-state index is 6.04. The van der Waals surface area contributed by atoms with E-state index < -0.39 is 0 Å². The molecule has 3 rings (SSSR count). The molecule has 2 aromatic rings. The average Bonchev–Trinajstić information content (AvgIpc) is 2.58. The molecule has 1 aliphatic rings. The number of rotatable bonds is 4. The van der Waals surface area contributed by atoms with Crippen LogP contribution in [0.4, 0.5) is 11.4 Å². The second kappa shape index (κ2) is 6.63. The van der Waals surface area contributed by atoms with E-state index in [-0.39, 0.29) is 5.54 Å². The van der Waals surface area contributed by atoms with Gasteiger partial charge in [-0.3, -0.25) is 4.90 Å². The molecule has 0 saturated carbocycles. The van der Waals surface area contributed by atoms with Gasteiger partial charge in [-0.05, 0) is 44.4 Å². The van der Waals surface area contributed by atoms with Gasteiger partial charge in [0.2, 0.25) is 0 Å². The van der Waals surface area contributed by atoms with E-state index >= 15 is 0 Å². The fourth-order valence-electron chi connectivity index (χ4n) is 3.46. The summed E-state index contributed by atoms with van der Waals surface area (Å²) < 4.78 is 0. The van der Waals surface area contributed by atoms with Crippen LogP contribution in [0, 0.1) is 0 Å². The molecular formula is C20H27N3. The molecule has 3 N–H and O–H groups in total. The zero-order valence-corrected chi connectivity index (χ0v) is 14.1. The van der Waals surface area contributed by atoms with E-state index in [2.05, 4.69) is 60.5 Å². The minimum absolute atomic E-state index is 0.0814. The number of benzene rings is 2. The quantitative estimate of drug-likeness (QED) is 0.836. The zero-order valence-electron chi connectivity index (χ0n) is 14.1. The van der Waals surface area contributed by atoms with Crippen molar-refractivity contribution in [3.05, 3.63) is 60.2 Å². The third-order valence-electron chi connectivity index (χ3n) is 5.09. The van der Waals surface area contributed by atoms with Crippen LogP contribution in [0.25, 0.3) is 0 Å². The van der Waals surface area contributed by atoms with E-state index in [1.54, 1.807) is 0 Å². The molecule has 23 heavy (non-hydrogen) atoms. The molecule has 0 aliphatic carbocycles. The number of anilines is 2. The van der Waals surface area contributed by atoms with Crippen molar-refractivity contribution >= 4 is 11.4 Å². The van der Waals surface area contributed by atoms with E-state index in [1.807, 2.05) is 18.2 Å². The molecule has 1 fully saturated rings. The van der Waals surface area contributed by atoms with Crippen molar-refractivity contribution in [3.63, 3.8) is 0 Å². The van der Waals surface area contributed by atoms with Crippen LogP contribution in [0.2, 0.25) is 0 Å². The molecule has 0 amide bonds. The summed E-state index contributed by atoms with van der Waals surface area (Å²) in [5.74, 6) is 0. The molecule has 0 radical (unpaired) electrons. The Bertz CT molecular complexity index is 628. The summed E-state index contributed by atoms with van der Waals surface area (Å²) in [4.78, 5) is 2.59. The molecule has 122 valence electrons. The van der Waals surface area contributed by atoms with Gasteiger partial charge >= 0.3 is 0 Å². The Morgan fingerprint density at radius 3 is 2.22 bits per heavy atom. The molecule has 0 unspecified atom stereocenters. The van der Waals surface area contributed by atoms with E-state index in [4.69, 9.17) is 5.73 Å². The molecular weight excluding hydrogens is 282 g/mol. The number of hydrogen-bond donors (Lipinski definition) is 2. The van der Waals surface area contributed by atoms with Crippen molar-refractivity contribution in [2.24, 2.45) is 0 Å². The van der Waals surface area contributed by atoms with Crippen molar-refractivity contribution in [1.29, 1.82) is 0 Å². The Hall–Kier alpha value is -2.00. The molecule has 3 nitrogen and oxygen atoms in total. The highest BCUT2D eigenvalue weighted by Gasteiger charge is 2.31. The van der Waals surface area contributed by atoms with Crippen LogP contribution in [0.3, 0.4) is 0 Å². The summed E-state index contributed by atoms with van der Waals surface area (Å²) in [6, 6.07) is 19.3. The second-order valence-corrected chi connectivity index (χ2v) is 6.92. The molecule has 3 heteroatoms. The molecule has 0 bridgehead atoms. The minimum Gasteiger partial charge on any atom is -0.397 e. The lowest BCUT2D eigenvalue weighted by atomic mass is 9.89. The van der Waals surface area contributed by atoms with Crippen LogP contribution in [-0.4, -0.2) is 24.0 Å². The van der Waals surface area contributed by atoms with Crippen molar-refractivity contribution in [2.45, 2.75) is 38.3 Å². The van der Waals surface area contributed by atoms with Crippen molar-refractivity contribution in [1.82, 2.24) is 4.90 Å². The predicted octanol–water partition coefficient (Wildman–Crippen LogP) is 4.08. The third-order valence-corrected chi connectivity index (χ3v) is 5.09. The summed E-state index contributed by atoms with van der Waals surface area (Å²) in [5, 5.41) is 3.61. The normalized spacial score (nSPS) is 17.1. The monoisotopic (exact) mass is 309 g/mol. The third kappa shape index (κ3) is 3.50. The van der Waals surface area contributed by atoms with Gasteiger partial charge in [-0.15, -0.1) is 0 Å². The van der Waals surface area contributed by atoms with Crippen LogP contribution in [0.15, 0.2) is 54.6 Å². The van der Waals surface area contributed by atoms with Crippen LogP contribution in [0.5, 0.6) is 0 Å². The van der Waals surface area contributed by atoms with E-state index in [0.717, 1.165) is 37.3 Å². The first-order valence-corrected chi connectivity index (χ1v) is 8.49. The molecule has 0 spiro atoms. The highest BCUT2D eigenvalue weighted by molar-refractivity contribution is 5.66. The molecule has 2 aromatic carbocycles. The van der Waals surface area contributed by atoms with Gasteiger partial charge in [-0.2, -0.15) is 0 Å². The van der Waals surface area contributed by atoms with Crippen LogP contribution in [0.1, 0.15) is 32.3 Å².